The highest BCUT2D eigenvalue weighted by Crippen LogP contribution is 2.33. The Morgan fingerprint density at radius 2 is 1.97 bits per heavy atom. The minimum absolute atomic E-state index is 0.0753. The van der Waals surface area contributed by atoms with E-state index in [1.807, 2.05) is 35.3 Å². The van der Waals surface area contributed by atoms with Crippen LogP contribution in [0.1, 0.15) is 47.9 Å². The highest BCUT2D eigenvalue weighted by molar-refractivity contribution is 9.10. The van der Waals surface area contributed by atoms with Crippen molar-refractivity contribution in [1.82, 2.24) is 25.2 Å². The number of carbonyl (C=O) groups is 1. The van der Waals surface area contributed by atoms with Gasteiger partial charge in [0.2, 0.25) is 5.82 Å². The van der Waals surface area contributed by atoms with Crippen LogP contribution in [0.5, 0.6) is 0 Å². The van der Waals surface area contributed by atoms with E-state index in [1.54, 1.807) is 6.20 Å². The molecule has 0 unspecified atom stereocenters. The van der Waals surface area contributed by atoms with Crippen molar-refractivity contribution >= 4 is 27.7 Å². The van der Waals surface area contributed by atoms with E-state index < -0.39 is 0 Å². The molecule has 0 bridgehead atoms. The number of benzene rings is 1. The third-order valence-electron chi connectivity index (χ3n) is 6.64. The molecular weight excluding hydrogens is 482 g/mol. The predicted octanol–water partition coefficient (Wildman–Crippen LogP) is 3.20. The summed E-state index contributed by atoms with van der Waals surface area (Å²) in [5, 5.41) is 11.1. The number of amides is 1. The van der Waals surface area contributed by atoms with Gasteiger partial charge in [-0.3, -0.25) is 20.1 Å². The smallest absolute Gasteiger partial charge is 0.269 e. The third-order valence-corrected chi connectivity index (χ3v) is 7.20. The number of nitrogens with one attached hydrogen (secondary N) is 1. The second-order valence-corrected chi connectivity index (χ2v) is 9.89. The van der Waals surface area contributed by atoms with E-state index in [1.165, 1.54) is 5.56 Å². The molecule has 2 aliphatic rings. The average molecular weight is 512 g/mol. The van der Waals surface area contributed by atoms with Crippen LogP contribution in [0.15, 0.2) is 34.9 Å². The highest BCUT2D eigenvalue weighted by atomic mass is 79.9. The van der Waals surface area contributed by atoms with Crippen LogP contribution in [0, 0.1) is 17.2 Å². The Hall–Kier alpha value is -2.54. The van der Waals surface area contributed by atoms with Gasteiger partial charge in [-0.1, -0.05) is 25.5 Å². The first kappa shape index (κ1) is 23.6. The zero-order chi connectivity index (χ0) is 23.4. The topological polar surface area (TPSA) is 88.4 Å². The zero-order valence-corrected chi connectivity index (χ0v) is 20.8. The zero-order valence-electron chi connectivity index (χ0n) is 19.2. The van der Waals surface area contributed by atoms with Crippen LogP contribution in [0.3, 0.4) is 0 Å². The number of rotatable bonds is 6. The molecule has 2 fully saturated rings. The molecule has 174 valence electrons. The van der Waals surface area contributed by atoms with Gasteiger partial charge in [0, 0.05) is 44.5 Å². The number of aromatic nitrogens is 2. The molecule has 1 aromatic carbocycles. The van der Waals surface area contributed by atoms with E-state index in [-0.39, 0.29) is 17.8 Å². The number of anilines is 1. The Bertz CT molecular complexity index is 1010. The number of piperazine rings is 1. The van der Waals surface area contributed by atoms with Crippen LogP contribution in [0.25, 0.3) is 0 Å². The van der Waals surface area contributed by atoms with Crippen molar-refractivity contribution in [3.8, 4) is 6.07 Å². The van der Waals surface area contributed by atoms with Gasteiger partial charge in [-0.25, -0.2) is 4.98 Å². The molecule has 1 N–H and O–H groups in total. The van der Waals surface area contributed by atoms with Gasteiger partial charge in [0.15, 0.2) is 5.82 Å². The molecule has 2 aromatic rings. The molecule has 1 amide bonds. The molecule has 0 radical (unpaired) electrons. The summed E-state index contributed by atoms with van der Waals surface area (Å²) < 4.78 is 0.642. The molecule has 1 aliphatic carbocycles. The molecule has 1 aromatic heterocycles. The maximum Gasteiger partial charge on any atom is 0.269 e. The summed E-state index contributed by atoms with van der Waals surface area (Å²) in [4.78, 5) is 26.4. The van der Waals surface area contributed by atoms with E-state index in [0.717, 1.165) is 52.0 Å². The predicted molar refractivity (Wildman–Crippen MR) is 130 cm³/mol. The second kappa shape index (κ2) is 10.6. The molecule has 0 spiro atoms. The van der Waals surface area contributed by atoms with Crippen LogP contribution < -0.4 is 10.4 Å². The minimum atomic E-state index is -0.190. The van der Waals surface area contributed by atoms with Crippen molar-refractivity contribution in [3.63, 3.8) is 0 Å². The van der Waals surface area contributed by atoms with Gasteiger partial charge >= 0.3 is 0 Å². The van der Waals surface area contributed by atoms with Gasteiger partial charge in [-0.05, 0) is 59.4 Å². The number of nitriles is 1. The van der Waals surface area contributed by atoms with E-state index in [9.17, 15) is 10.1 Å². The van der Waals surface area contributed by atoms with Crippen molar-refractivity contribution in [2.75, 3.05) is 38.2 Å². The van der Waals surface area contributed by atoms with Crippen molar-refractivity contribution < 1.29 is 4.79 Å². The average Bonchev–Trinajstić information content (AvgIpc) is 3.25. The summed E-state index contributed by atoms with van der Waals surface area (Å²) in [6.07, 6.45) is 4.69. The summed E-state index contributed by atoms with van der Waals surface area (Å²) in [6, 6.07) is 9.92. The van der Waals surface area contributed by atoms with Gasteiger partial charge in [0.1, 0.15) is 6.07 Å². The monoisotopic (exact) mass is 511 g/mol. The van der Waals surface area contributed by atoms with Gasteiger partial charge in [-0.2, -0.15) is 10.2 Å². The second-order valence-electron chi connectivity index (χ2n) is 9.04. The molecule has 9 heteroatoms. The summed E-state index contributed by atoms with van der Waals surface area (Å²) in [7, 11) is 2.15. The first-order chi connectivity index (χ1) is 15.9. The lowest BCUT2D eigenvalue weighted by Crippen LogP contribution is -2.50. The highest BCUT2D eigenvalue weighted by Gasteiger charge is 2.33. The number of hydrogen-bond donors (Lipinski definition) is 1. The lowest BCUT2D eigenvalue weighted by atomic mass is 10.1. The molecule has 2 atom stereocenters. The Morgan fingerprint density at radius 1 is 1.24 bits per heavy atom. The third kappa shape index (κ3) is 5.69. The van der Waals surface area contributed by atoms with E-state index in [4.69, 9.17) is 0 Å². The van der Waals surface area contributed by atoms with Gasteiger partial charge < -0.3 is 4.90 Å². The fourth-order valence-corrected chi connectivity index (χ4v) is 4.97. The fraction of sp³-hybridized carbons (Fsp3) is 0.500. The van der Waals surface area contributed by atoms with Crippen LogP contribution in [0.2, 0.25) is 0 Å². The lowest BCUT2D eigenvalue weighted by Gasteiger charge is -2.33. The molecular formula is C24H30BrN7O. The number of halogens is 1. The summed E-state index contributed by atoms with van der Waals surface area (Å²) in [6.45, 7) is 7.37. The van der Waals surface area contributed by atoms with Crippen molar-refractivity contribution in [3.05, 3.63) is 51.9 Å². The Kier molecular flexibility index (Phi) is 7.58. The van der Waals surface area contributed by atoms with E-state index in [2.05, 4.69) is 55.1 Å². The number of likely N-dealkylation sites (N-methyl/N-ethyl adjacent to an activating group) is 1. The minimum Gasteiger partial charge on any atom is -0.304 e. The Labute approximate surface area is 203 Å². The normalized spacial score (nSPS) is 21.5. The van der Waals surface area contributed by atoms with Crippen LogP contribution in [-0.4, -0.2) is 64.9 Å². The summed E-state index contributed by atoms with van der Waals surface area (Å²) in [5.74, 6) is 0.791. The summed E-state index contributed by atoms with van der Waals surface area (Å²) >= 11 is 3.50. The van der Waals surface area contributed by atoms with Crippen LogP contribution in [0.4, 0.5) is 5.82 Å². The van der Waals surface area contributed by atoms with E-state index in [0.29, 0.717) is 21.8 Å². The molecule has 4 rings (SSSR count). The molecule has 1 aliphatic heterocycles. The van der Waals surface area contributed by atoms with Crippen molar-refractivity contribution in [2.45, 2.75) is 38.8 Å². The molecule has 1 saturated heterocycles. The molecule has 8 nitrogen and oxygen atoms in total. The maximum absolute atomic E-state index is 13.2. The number of nitrogens with zero attached hydrogens (tertiary/aromatic N) is 6. The Balaban J connectivity index is 1.49. The van der Waals surface area contributed by atoms with Crippen molar-refractivity contribution in [2.24, 2.45) is 5.92 Å². The molecule has 2 heterocycles. The summed E-state index contributed by atoms with van der Waals surface area (Å²) in [5.41, 5.74) is 4.87. The maximum atomic E-state index is 13.2. The fourth-order valence-electron chi connectivity index (χ4n) is 4.58. The molecule has 1 saturated carbocycles. The largest absolute Gasteiger partial charge is 0.304 e. The van der Waals surface area contributed by atoms with Gasteiger partial charge in [0.25, 0.3) is 5.91 Å². The quantitative estimate of drug-likeness (QED) is 0.595. The van der Waals surface area contributed by atoms with Gasteiger partial charge in [0.05, 0.1) is 10.5 Å². The van der Waals surface area contributed by atoms with Crippen molar-refractivity contribution in [1.29, 1.82) is 5.26 Å². The first-order valence-corrected chi connectivity index (χ1v) is 12.3. The van der Waals surface area contributed by atoms with Crippen LogP contribution in [-0.2, 0) is 6.54 Å². The van der Waals surface area contributed by atoms with Gasteiger partial charge in [-0.15, -0.1) is 0 Å². The SMILES string of the molecule is C[C@H]1CCC[C@H]1N(NC(=O)c1ccc(CN2CCN(C)CC2)cc1)c1nc(C#N)ncc1Br. The number of hydrazine groups is 1. The lowest BCUT2D eigenvalue weighted by molar-refractivity contribution is 0.0941. The number of hydrogen-bond acceptors (Lipinski definition) is 7. The van der Waals surface area contributed by atoms with Crippen LogP contribution >= 0.6 is 15.9 Å². The Morgan fingerprint density at radius 3 is 2.61 bits per heavy atom. The number of carbonyl (C=O) groups excluding carboxylic acids is 1. The van der Waals surface area contributed by atoms with E-state index >= 15 is 0 Å². The standard InChI is InChI=1S/C24H30BrN7O/c1-17-4-3-5-21(17)32(23-20(25)15-27-22(14-26)28-23)29-24(33)19-8-6-18(7-9-19)16-31-12-10-30(2)11-13-31/h6-9,15,17,21H,3-5,10-13,16H2,1-2H3,(H,29,33)/t17-,21+/m0/s1. The molecule has 33 heavy (non-hydrogen) atoms. The first-order valence-electron chi connectivity index (χ1n) is 11.5.